The first-order chi connectivity index (χ1) is 11.4. The molecule has 2 aromatic carbocycles. The predicted octanol–water partition coefficient (Wildman–Crippen LogP) is 2.63. The van der Waals surface area contributed by atoms with Crippen molar-refractivity contribution in [2.24, 2.45) is 5.92 Å². The van der Waals surface area contributed by atoms with E-state index in [0.717, 1.165) is 22.1 Å². The third-order valence-electron chi connectivity index (χ3n) is 3.89. The normalized spacial score (nSPS) is 12.0. The van der Waals surface area contributed by atoms with Crippen molar-refractivity contribution in [3.63, 3.8) is 0 Å². The highest BCUT2D eigenvalue weighted by Crippen LogP contribution is 2.21. The zero-order valence-electron chi connectivity index (χ0n) is 14.6. The molecule has 1 atom stereocenters. The second-order valence-corrected chi connectivity index (χ2v) is 6.19. The fourth-order valence-electron chi connectivity index (χ4n) is 2.56. The van der Waals surface area contributed by atoms with E-state index in [4.69, 9.17) is 4.74 Å². The van der Waals surface area contributed by atoms with E-state index in [-0.39, 0.29) is 17.7 Å². The van der Waals surface area contributed by atoms with Gasteiger partial charge in [-0.15, -0.1) is 0 Å². The molecule has 0 aliphatic rings. The van der Waals surface area contributed by atoms with Gasteiger partial charge in [0.2, 0.25) is 11.8 Å². The van der Waals surface area contributed by atoms with Crippen LogP contribution in [0.1, 0.15) is 26.3 Å². The Bertz CT molecular complexity index is 740. The number of amides is 2. The van der Waals surface area contributed by atoms with Crippen molar-refractivity contribution in [3.8, 4) is 5.75 Å². The summed E-state index contributed by atoms with van der Waals surface area (Å²) in [6.45, 7) is 5.65. The highest BCUT2D eigenvalue weighted by Gasteiger charge is 2.22. The molecule has 2 N–H and O–H groups in total. The predicted molar refractivity (Wildman–Crippen MR) is 94.8 cm³/mol. The molecule has 0 saturated carbocycles. The van der Waals surface area contributed by atoms with Crippen LogP contribution in [0.5, 0.6) is 5.75 Å². The Balaban J connectivity index is 2.06. The van der Waals surface area contributed by atoms with Crippen molar-refractivity contribution >= 4 is 22.6 Å². The quantitative estimate of drug-likeness (QED) is 0.856. The van der Waals surface area contributed by atoms with E-state index >= 15 is 0 Å². The largest absolute Gasteiger partial charge is 0.497 e. The Hall–Kier alpha value is -2.56. The minimum absolute atomic E-state index is 0.0259. The van der Waals surface area contributed by atoms with Crippen LogP contribution in [0.4, 0.5) is 0 Å². The standard InChI is InChI=1S/C19H24N2O3/c1-12(2)18(21-13(3)22)19(23)20-11-14-5-6-16-10-17(24-4)8-7-15(16)9-14/h5-10,12,18H,11H2,1-4H3,(H,20,23)(H,21,22). The summed E-state index contributed by atoms with van der Waals surface area (Å²) in [5.74, 6) is 0.468. The lowest BCUT2D eigenvalue weighted by molar-refractivity contribution is -0.129. The van der Waals surface area contributed by atoms with Crippen LogP contribution in [0.15, 0.2) is 36.4 Å². The van der Waals surface area contributed by atoms with Gasteiger partial charge in [-0.05, 0) is 40.5 Å². The van der Waals surface area contributed by atoms with Crippen LogP contribution in [0.3, 0.4) is 0 Å². The molecule has 0 aliphatic carbocycles. The number of hydrogen-bond acceptors (Lipinski definition) is 3. The van der Waals surface area contributed by atoms with E-state index in [1.165, 1.54) is 6.92 Å². The van der Waals surface area contributed by atoms with E-state index in [1.807, 2.05) is 50.2 Å². The third kappa shape index (κ3) is 4.47. The number of hydrogen-bond donors (Lipinski definition) is 2. The number of methoxy groups -OCH3 is 1. The number of rotatable bonds is 6. The fraction of sp³-hybridized carbons (Fsp3) is 0.368. The number of nitrogens with one attached hydrogen (secondary N) is 2. The van der Waals surface area contributed by atoms with Crippen LogP contribution in [0, 0.1) is 5.92 Å². The molecule has 0 fully saturated rings. The first-order valence-electron chi connectivity index (χ1n) is 8.02. The van der Waals surface area contributed by atoms with Crippen molar-refractivity contribution in [3.05, 3.63) is 42.0 Å². The molecule has 0 saturated heterocycles. The van der Waals surface area contributed by atoms with E-state index in [0.29, 0.717) is 6.54 Å². The molecule has 2 rings (SSSR count). The maximum Gasteiger partial charge on any atom is 0.243 e. The number of carbonyl (C=O) groups excluding carboxylic acids is 2. The summed E-state index contributed by atoms with van der Waals surface area (Å²) in [6.07, 6.45) is 0. The van der Waals surface area contributed by atoms with Gasteiger partial charge >= 0.3 is 0 Å². The Kier molecular flexibility index (Phi) is 5.79. The zero-order valence-corrected chi connectivity index (χ0v) is 14.6. The second kappa shape index (κ2) is 7.81. The first kappa shape index (κ1) is 17.8. The van der Waals surface area contributed by atoms with Gasteiger partial charge in [-0.25, -0.2) is 0 Å². The maximum atomic E-state index is 12.3. The molecule has 24 heavy (non-hydrogen) atoms. The average Bonchev–Trinajstić information content (AvgIpc) is 2.56. The number of carbonyl (C=O) groups is 2. The van der Waals surface area contributed by atoms with Crippen LogP contribution < -0.4 is 15.4 Å². The van der Waals surface area contributed by atoms with Gasteiger partial charge in [-0.2, -0.15) is 0 Å². The van der Waals surface area contributed by atoms with Crippen LogP contribution >= 0.6 is 0 Å². The monoisotopic (exact) mass is 328 g/mol. The molecule has 0 aliphatic heterocycles. The lowest BCUT2D eigenvalue weighted by Gasteiger charge is -2.21. The van der Waals surface area contributed by atoms with Crippen molar-refractivity contribution in [2.45, 2.75) is 33.4 Å². The third-order valence-corrected chi connectivity index (χ3v) is 3.89. The minimum atomic E-state index is -0.521. The lowest BCUT2D eigenvalue weighted by Crippen LogP contribution is -2.48. The van der Waals surface area contributed by atoms with Gasteiger partial charge < -0.3 is 15.4 Å². The van der Waals surface area contributed by atoms with Gasteiger partial charge in [-0.1, -0.05) is 32.0 Å². The molecular weight excluding hydrogens is 304 g/mol. The van der Waals surface area contributed by atoms with Crippen molar-refractivity contribution in [1.29, 1.82) is 0 Å². The topological polar surface area (TPSA) is 67.4 Å². The van der Waals surface area contributed by atoms with Crippen molar-refractivity contribution < 1.29 is 14.3 Å². The number of fused-ring (bicyclic) bond motifs is 1. The zero-order chi connectivity index (χ0) is 17.7. The van der Waals surface area contributed by atoms with Gasteiger partial charge in [0, 0.05) is 13.5 Å². The molecule has 1 unspecified atom stereocenters. The van der Waals surface area contributed by atoms with Crippen LogP contribution in [0.25, 0.3) is 10.8 Å². The molecular formula is C19H24N2O3. The smallest absolute Gasteiger partial charge is 0.243 e. The van der Waals surface area contributed by atoms with Gasteiger partial charge in [0.05, 0.1) is 7.11 Å². The molecule has 5 nitrogen and oxygen atoms in total. The summed E-state index contributed by atoms with van der Waals surface area (Å²) in [5, 5.41) is 7.76. The first-order valence-corrected chi connectivity index (χ1v) is 8.02. The average molecular weight is 328 g/mol. The SMILES string of the molecule is COc1ccc2cc(CNC(=O)C(NC(C)=O)C(C)C)ccc2c1. The fourth-order valence-corrected chi connectivity index (χ4v) is 2.56. The van der Waals surface area contributed by atoms with Crippen LogP contribution in [-0.4, -0.2) is 25.0 Å². The summed E-state index contributed by atoms with van der Waals surface area (Å²) in [4.78, 5) is 23.5. The molecule has 5 heteroatoms. The van der Waals surface area contributed by atoms with E-state index < -0.39 is 6.04 Å². The van der Waals surface area contributed by atoms with Crippen LogP contribution in [-0.2, 0) is 16.1 Å². The molecule has 2 amide bonds. The van der Waals surface area contributed by atoms with E-state index in [2.05, 4.69) is 10.6 Å². The maximum absolute atomic E-state index is 12.3. The summed E-state index contributed by atoms with van der Waals surface area (Å²) < 4.78 is 5.22. The Morgan fingerprint density at radius 3 is 2.38 bits per heavy atom. The molecule has 0 spiro atoms. The molecule has 0 bridgehead atoms. The summed E-state index contributed by atoms with van der Waals surface area (Å²) in [5.41, 5.74) is 1.01. The van der Waals surface area contributed by atoms with Gasteiger partial charge in [0.25, 0.3) is 0 Å². The number of ether oxygens (including phenoxy) is 1. The van der Waals surface area contributed by atoms with Crippen molar-refractivity contribution in [1.82, 2.24) is 10.6 Å². The van der Waals surface area contributed by atoms with E-state index in [9.17, 15) is 9.59 Å². The molecule has 0 radical (unpaired) electrons. The Morgan fingerprint density at radius 2 is 1.75 bits per heavy atom. The van der Waals surface area contributed by atoms with Crippen molar-refractivity contribution in [2.75, 3.05) is 7.11 Å². The molecule has 2 aromatic rings. The van der Waals surface area contributed by atoms with Gasteiger partial charge in [0.1, 0.15) is 11.8 Å². The van der Waals surface area contributed by atoms with Gasteiger partial charge in [0.15, 0.2) is 0 Å². The number of benzene rings is 2. The van der Waals surface area contributed by atoms with E-state index in [1.54, 1.807) is 7.11 Å². The Labute approximate surface area is 142 Å². The molecule has 128 valence electrons. The molecule has 0 heterocycles. The second-order valence-electron chi connectivity index (χ2n) is 6.19. The highest BCUT2D eigenvalue weighted by atomic mass is 16.5. The lowest BCUT2D eigenvalue weighted by atomic mass is 10.0. The summed E-state index contributed by atoms with van der Waals surface area (Å²) in [7, 11) is 1.64. The summed E-state index contributed by atoms with van der Waals surface area (Å²) >= 11 is 0. The Morgan fingerprint density at radius 1 is 1.08 bits per heavy atom. The highest BCUT2D eigenvalue weighted by molar-refractivity contribution is 5.87. The summed E-state index contributed by atoms with van der Waals surface area (Å²) in [6, 6.07) is 11.4. The van der Waals surface area contributed by atoms with Crippen LogP contribution in [0.2, 0.25) is 0 Å². The minimum Gasteiger partial charge on any atom is -0.497 e. The van der Waals surface area contributed by atoms with Gasteiger partial charge in [-0.3, -0.25) is 9.59 Å². The molecule has 0 aromatic heterocycles.